The van der Waals surface area contributed by atoms with Crippen LogP contribution < -0.4 is 5.32 Å². The molecule has 2 amide bonds. The molecule has 7 nitrogen and oxygen atoms in total. The molecule has 1 aliphatic heterocycles. The molecule has 5 rings (SSSR count). The second kappa shape index (κ2) is 10.1. The van der Waals surface area contributed by atoms with Crippen molar-refractivity contribution >= 4 is 18.0 Å². The zero-order valence-electron chi connectivity index (χ0n) is 19.8. The predicted octanol–water partition coefficient (Wildman–Crippen LogP) is 4.26. The van der Waals surface area contributed by atoms with Gasteiger partial charge in [-0.3, -0.25) is 9.59 Å². The van der Waals surface area contributed by atoms with Gasteiger partial charge in [0.15, 0.2) is 0 Å². The number of alkyl carbamates (subject to hydrolysis) is 1. The first-order chi connectivity index (χ1) is 17.0. The lowest BCUT2D eigenvalue weighted by Crippen LogP contribution is -2.39. The molecule has 2 aromatic carbocycles. The molecule has 0 spiro atoms. The number of aliphatic carboxylic acids is 1. The van der Waals surface area contributed by atoms with Crippen LogP contribution in [0, 0.1) is 17.8 Å². The number of hydrogen-bond donors (Lipinski definition) is 2. The van der Waals surface area contributed by atoms with Gasteiger partial charge in [0, 0.05) is 38.4 Å². The highest BCUT2D eigenvalue weighted by atomic mass is 16.5. The zero-order chi connectivity index (χ0) is 24.4. The third-order valence-corrected chi connectivity index (χ3v) is 7.78. The Labute approximate surface area is 205 Å². The quantitative estimate of drug-likeness (QED) is 0.593. The van der Waals surface area contributed by atoms with E-state index in [-0.39, 0.29) is 24.2 Å². The van der Waals surface area contributed by atoms with Gasteiger partial charge in [0.2, 0.25) is 5.91 Å². The third kappa shape index (κ3) is 5.19. The van der Waals surface area contributed by atoms with Crippen molar-refractivity contribution in [2.24, 2.45) is 17.8 Å². The summed E-state index contributed by atoms with van der Waals surface area (Å²) in [5.41, 5.74) is 4.80. The summed E-state index contributed by atoms with van der Waals surface area (Å²) in [5.74, 6) is 0.169. The van der Waals surface area contributed by atoms with Gasteiger partial charge in [0.25, 0.3) is 0 Å². The standard InChI is InChI=1S/C28H32N2O5/c31-26(30-10-9-18(16-30)14-27(32)33)13-19-11-20(12-19)15-29-28(34)35-17-25-23-7-3-1-5-21(23)22-6-2-4-8-24(22)25/h1-8,18-20,25H,9-17H2,(H,29,34)(H,32,33). The number of nitrogens with zero attached hydrogens (tertiary/aromatic N) is 1. The maximum atomic E-state index is 12.5. The number of rotatable bonds is 8. The molecule has 1 atom stereocenters. The van der Waals surface area contributed by atoms with Gasteiger partial charge in [-0.2, -0.15) is 0 Å². The van der Waals surface area contributed by atoms with E-state index in [1.54, 1.807) is 0 Å². The van der Waals surface area contributed by atoms with Crippen molar-refractivity contribution in [1.29, 1.82) is 0 Å². The molecule has 0 radical (unpaired) electrons. The van der Waals surface area contributed by atoms with E-state index in [4.69, 9.17) is 9.84 Å². The van der Waals surface area contributed by atoms with Crippen LogP contribution in [0.25, 0.3) is 11.1 Å². The van der Waals surface area contributed by atoms with Crippen LogP contribution in [-0.2, 0) is 14.3 Å². The largest absolute Gasteiger partial charge is 0.481 e. The molecule has 2 N–H and O–H groups in total. The minimum atomic E-state index is -0.796. The molecule has 0 bridgehead atoms. The molecule has 2 fully saturated rings. The van der Waals surface area contributed by atoms with Gasteiger partial charge in [-0.1, -0.05) is 48.5 Å². The number of carbonyl (C=O) groups is 3. The second-order valence-electron chi connectivity index (χ2n) is 10.2. The predicted molar refractivity (Wildman–Crippen MR) is 131 cm³/mol. The van der Waals surface area contributed by atoms with E-state index < -0.39 is 12.1 Å². The lowest BCUT2D eigenvalue weighted by atomic mass is 9.73. The maximum Gasteiger partial charge on any atom is 0.407 e. The molecular weight excluding hydrogens is 444 g/mol. The number of fused-ring (bicyclic) bond motifs is 3. The number of benzene rings is 2. The summed E-state index contributed by atoms with van der Waals surface area (Å²) < 4.78 is 5.60. The molecule has 1 unspecified atom stereocenters. The highest BCUT2D eigenvalue weighted by Gasteiger charge is 2.34. The summed E-state index contributed by atoms with van der Waals surface area (Å²) >= 11 is 0. The average Bonchev–Trinajstić information content (AvgIpc) is 3.41. The summed E-state index contributed by atoms with van der Waals surface area (Å²) in [7, 11) is 0. The van der Waals surface area contributed by atoms with Crippen LogP contribution in [0.2, 0.25) is 0 Å². The number of nitrogens with one attached hydrogen (secondary N) is 1. The summed E-state index contributed by atoms with van der Waals surface area (Å²) in [6.07, 6.45) is 2.87. The van der Waals surface area contributed by atoms with Crippen molar-refractivity contribution in [2.75, 3.05) is 26.2 Å². The summed E-state index contributed by atoms with van der Waals surface area (Å²) in [6, 6.07) is 16.5. The van der Waals surface area contributed by atoms with E-state index in [2.05, 4.69) is 29.6 Å². The van der Waals surface area contributed by atoms with Crippen LogP contribution in [0.4, 0.5) is 4.79 Å². The van der Waals surface area contributed by atoms with Crippen LogP contribution in [0.1, 0.15) is 49.1 Å². The van der Waals surface area contributed by atoms with E-state index in [0.717, 1.165) is 19.3 Å². The first-order valence-electron chi connectivity index (χ1n) is 12.6. The molecule has 1 heterocycles. The fourth-order valence-corrected chi connectivity index (χ4v) is 5.93. The van der Waals surface area contributed by atoms with Gasteiger partial charge < -0.3 is 20.1 Å². The Balaban J connectivity index is 1.02. The van der Waals surface area contributed by atoms with Gasteiger partial charge in [-0.25, -0.2) is 4.79 Å². The number of likely N-dealkylation sites (tertiary alicyclic amines) is 1. The Morgan fingerprint density at radius 3 is 2.23 bits per heavy atom. The van der Waals surface area contributed by atoms with Crippen molar-refractivity contribution in [3.63, 3.8) is 0 Å². The Hall–Kier alpha value is -3.35. The molecule has 2 aromatic rings. The van der Waals surface area contributed by atoms with Gasteiger partial charge in [-0.05, 0) is 59.3 Å². The second-order valence-corrected chi connectivity index (χ2v) is 10.2. The highest BCUT2D eigenvalue weighted by molar-refractivity contribution is 5.79. The minimum Gasteiger partial charge on any atom is -0.481 e. The molecule has 3 aliphatic rings. The van der Waals surface area contributed by atoms with Gasteiger partial charge in [0.1, 0.15) is 6.61 Å². The SMILES string of the molecule is O=C(O)CC1CCN(C(=O)CC2CC(CNC(=O)OCC3c4ccccc4-c4ccccc43)C2)C1. The number of hydrogen-bond acceptors (Lipinski definition) is 4. The average molecular weight is 477 g/mol. The van der Waals surface area contributed by atoms with Gasteiger partial charge >= 0.3 is 12.1 Å². The lowest BCUT2D eigenvalue weighted by Gasteiger charge is -2.35. The van der Waals surface area contributed by atoms with Crippen molar-refractivity contribution in [2.45, 2.75) is 38.0 Å². The highest BCUT2D eigenvalue weighted by Crippen LogP contribution is 2.44. The molecular formula is C28H32N2O5. The number of carbonyl (C=O) groups excluding carboxylic acids is 2. The molecule has 1 saturated carbocycles. The van der Waals surface area contributed by atoms with Crippen LogP contribution >= 0.6 is 0 Å². The summed E-state index contributed by atoms with van der Waals surface area (Å²) in [6.45, 7) is 2.09. The van der Waals surface area contributed by atoms with Crippen molar-refractivity contribution in [3.05, 3.63) is 59.7 Å². The fraction of sp³-hybridized carbons (Fsp3) is 0.464. The van der Waals surface area contributed by atoms with Gasteiger partial charge in [-0.15, -0.1) is 0 Å². The van der Waals surface area contributed by atoms with E-state index in [1.165, 1.54) is 22.3 Å². The molecule has 7 heteroatoms. The minimum absolute atomic E-state index is 0.0490. The molecule has 35 heavy (non-hydrogen) atoms. The topological polar surface area (TPSA) is 95.9 Å². The Kier molecular flexibility index (Phi) is 6.75. The third-order valence-electron chi connectivity index (χ3n) is 7.78. The van der Waals surface area contributed by atoms with Crippen LogP contribution in [-0.4, -0.2) is 54.2 Å². The van der Waals surface area contributed by atoms with Crippen LogP contribution in [0.3, 0.4) is 0 Å². The summed E-state index contributed by atoms with van der Waals surface area (Å²) in [5, 5.41) is 11.8. The van der Waals surface area contributed by atoms with Crippen LogP contribution in [0.15, 0.2) is 48.5 Å². The first-order valence-corrected chi connectivity index (χ1v) is 12.6. The van der Waals surface area contributed by atoms with E-state index in [1.807, 2.05) is 29.2 Å². The molecule has 0 aromatic heterocycles. The fourth-order valence-electron chi connectivity index (χ4n) is 5.93. The normalized spacial score (nSPS) is 22.7. The Morgan fingerprint density at radius 1 is 0.914 bits per heavy atom. The molecule has 2 aliphatic carbocycles. The van der Waals surface area contributed by atoms with Gasteiger partial charge in [0.05, 0.1) is 0 Å². The van der Waals surface area contributed by atoms with Crippen molar-refractivity contribution < 1.29 is 24.2 Å². The summed E-state index contributed by atoms with van der Waals surface area (Å²) in [4.78, 5) is 37.6. The maximum absolute atomic E-state index is 12.5. The number of ether oxygens (including phenoxy) is 1. The Morgan fingerprint density at radius 2 is 1.57 bits per heavy atom. The monoisotopic (exact) mass is 476 g/mol. The van der Waals surface area contributed by atoms with Crippen LogP contribution in [0.5, 0.6) is 0 Å². The zero-order valence-corrected chi connectivity index (χ0v) is 19.8. The van der Waals surface area contributed by atoms with E-state index in [0.29, 0.717) is 44.5 Å². The number of carboxylic acid groups (broad SMARTS) is 1. The number of carboxylic acids is 1. The molecule has 1 saturated heterocycles. The number of amides is 2. The smallest absolute Gasteiger partial charge is 0.407 e. The van der Waals surface area contributed by atoms with E-state index in [9.17, 15) is 14.4 Å². The lowest BCUT2D eigenvalue weighted by molar-refractivity contribution is -0.138. The van der Waals surface area contributed by atoms with Crippen molar-refractivity contribution in [3.8, 4) is 11.1 Å². The Bertz CT molecular complexity index is 1060. The van der Waals surface area contributed by atoms with Crippen molar-refractivity contribution in [1.82, 2.24) is 10.2 Å². The first kappa shape index (κ1) is 23.4. The molecule has 184 valence electrons. The van der Waals surface area contributed by atoms with E-state index >= 15 is 0 Å².